The Morgan fingerprint density at radius 2 is 0.575 bits per heavy atom. The molecule has 0 aromatic heterocycles. The molecule has 0 saturated carbocycles. The summed E-state index contributed by atoms with van der Waals surface area (Å²) in [4.78, 5) is 0. The van der Waals surface area contributed by atoms with E-state index in [2.05, 4.69) is 158 Å². The quantitative estimate of drug-likeness (QED) is 0.0867. The van der Waals surface area contributed by atoms with Crippen LogP contribution in [0, 0.1) is 6.65 Å². The second kappa shape index (κ2) is 18.2. The van der Waals surface area contributed by atoms with Crippen molar-refractivity contribution in [1.29, 1.82) is 0 Å². The second-order valence-corrected chi connectivity index (χ2v) is 16.1. The van der Waals surface area contributed by atoms with Gasteiger partial charge in [-0.05, 0) is 67.0 Å². The summed E-state index contributed by atoms with van der Waals surface area (Å²) < 4.78 is 7.50. The van der Waals surface area contributed by atoms with Gasteiger partial charge < -0.3 is 0 Å². The smallest absolute Gasteiger partial charge is 0 e. The first kappa shape index (κ1) is 32.2. The zero-order valence-corrected chi connectivity index (χ0v) is 26.4. The van der Waals surface area contributed by atoms with E-state index in [1.165, 1.54) is 45.9 Å². The van der Waals surface area contributed by atoms with Crippen molar-refractivity contribution in [3.8, 4) is 0 Å². The molecule has 40 heavy (non-hydrogen) atoms. The van der Waals surface area contributed by atoms with Crippen molar-refractivity contribution < 1.29 is 22.0 Å². The third-order valence-corrected chi connectivity index (χ3v) is 14.9. The first-order valence-electron chi connectivity index (χ1n) is 13.1. The molecule has 5 rings (SSSR count). The third-order valence-electron chi connectivity index (χ3n) is 6.58. The van der Waals surface area contributed by atoms with E-state index in [1.807, 2.05) is 0 Å². The van der Waals surface area contributed by atoms with Crippen molar-refractivity contribution in [2.75, 3.05) is 24.6 Å². The molecule has 0 atom stereocenters. The van der Waals surface area contributed by atoms with Gasteiger partial charge in [-0.2, -0.15) is 0 Å². The Kier molecular flexibility index (Phi) is 14.6. The minimum atomic E-state index is -0.366. The van der Waals surface area contributed by atoms with Gasteiger partial charge in [0.1, 0.15) is 0 Å². The second-order valence-electron chi connectivity index (χ2n) is 8.97. The molecule has 0 aliphatic carbocycles. The van der Waals surface area contributed by atoms with Gasteiger partial charge in [-0.25, -0.2) is 0 Å². The van der Waals surface area contributed by atoms with Crippen LogP contribution < -0.4 is 26.5 Å². The Bertz CT molecular complexity index is 1200. The van der Waals surface area contributed by atoms with Gasteiger partial charge in [0.15, 0.2) is 0 Å². The summed E-state index contributed by atoms with van der Waals surface area (Å²) in [6.07, 6.45) is 5.00. The molecule has 0 spiro atoms. The van der Waals surface area contributed by atoms with Gasteiger partial charge in [0.25, 0.3) is 0 Å². The van der Waals surface area contributed by atoms with E-state index in [0.717, 1.165) is 0 Å². The van der Waals surface area contributed by atoms with Crippen LogP contribution in [0.25, 0.3) is 0 Å². The molecule has 0 aliphatic heterocycles. The predicted molar refractivity (Wildman–Crippen MR) is 175 cm³/mol. The summed E-state index contributed by atoms with van der Waals surface area (Å²) in [5.74, 6) is 0. The van der Waals surface area contributed by atoms with Crippen LogP contribution in [0.15, 0.2) is 152 Å². The molecule has 5 aromatic rings. The zero-order chi connectivity index (χ0) is 27.1. The molecule has 0 fully saturated rings. The standard InChI is InChI=1S/C34H33P3.CO.Cr/c1-6-16-30(17-7-1)35(26-28-36(31-18-8-2-9-19-31)32-20-10-3-11-21-32)27-29-37(33-22-12-4-13-23-33)34-24-14-5-15-25-34;1-2;/h1-25H,26-29H2;;. The third kappa shape index (κ3) is 9.36. The number of hydrogen-bond acceptors (Lipinski definition) is 0. The normalized spacial score (nSPS) is 10.5. The Hall–Kier alpha value is -2.34. The van der Waals surface area contributed by atoms with E-state index in [4.69, 9.17) is 4.65 Å². The molecule has 0 unspecified atom stereocenters. The van der Waals surface area contributed by atoms with Crippen LogP contribution in [0.4, 0.5) is 0 Å². The Morgan fingerprint density at radius 1 is 0.350 bits per heavy atom. The average molecular weight is 615 g/mol. The Balaban J connectivity index is 0.00000144. The first-order valence-corrected chi connectivity index (χ1v) is 17.9. The largest absolute Gasteiger partial charge is 0.0746 e. The van der Waals surface area contributed by atoms with Gasteiger partial charge in [0.05, 0.1) is 0 Å². The fourth-order valence-electron chi connectivity index (χ4n) is 4.70. The zero-order valence-electron chi connectivity index (χ0n) is 22.4. The van der Waals surface area contributed by atoms with Gasteiger partial charge in [-0.1, -0.05) is 160 Å². The molecule has 0 N–H and O–H groups in total. The van der Waals surface area contributed by atoms with E-state index in [0.29, 0.717) is 0 Å². The molecule has 0 saturated heterocycles. The predicted octanol–water partition coefficient (Wildman–Crippen LogP) is 7.02. The monoisotopic (exact) mass is 614 g/mol. The van der Waals surface area contributed by atoms with Gasteiger partial charge in [-0.3, -0.25) is 0 Å². The maximum atomic E-state index is 7.50. The maximum Gasteiger partial charge on any atom is 0 e. The van der Waals surface area contributed by atoms with Crippen LogP contribution in [-0.4, -0.2) is 24.6 Å². The fraction of sp³-hybridized carbons (Fsp3) is 0.114. The Labute approximate surface area is 254 Å². The Morgan fingerprint density at radius 3 is 0.825 bits per heavy atom. The topological polar surface area (TPSA) is 19.9 Å². The van der Waals surface area contributed by atoms with Crippen LogP contribution in [0.2, 0.25) is 0 Å². The number of hydrogen-bond donors (Lipinski definition) is 0. The fourth-order valence-corrected chi connectivity index (χ4v) is 13.3. The van der Waals surface area contributed by atoms with Crippen molar-refractivity contribution >= 4 is 50.3 Å². The molecule has 5 aromatic carbocycles. The molecule has 0 amide bonds. The van der Waals surface area contributed by atoms with Crippen molar-refractivity contribution in [3.63, 3.8) is 0 Å². The first-order chi connectivity index (χ1) is 19.4. The van der Waals surface area contributed by atoms with E-state index in [1.54, 1.807) is 5.30 Å². The molecule has 0 heterocycles. The van der Waals surface area contributed by atoms with E-state index in [9.17, 15) is 0 Å². The summed E-state index contributed by atoms with van der Waals surface area (Å²) >= 11 is 0. The van der Waals surface area contributed by atoms with E-state index in [-0.39, 0.29) is 41.1 Å². The molecule has 1 nitrogen and oxygen atoms in total. The summed E-state index contributed by atoms with van der Waals surface area (Å²) in [6, 6.07) is 56.0. The summed E-state index contributed by atoms with van der Waals surface area (Å²) in [6.45, 7) is 4.50. The molecule has 0 aliphatic rings. The van der Waals surface area contributed by atoms with Crippen molar-refractivity contribution in [3.05, 3.63) is 158 Å². The van der Waals surface area contributed by atoms with Gasteiger partial charge in [-0.15, -0.1) is 0 Å². The van der Waals surface area contributed by atoms with Gasteiger partial charge in [0, 0.05) is 17.4 Å². The summed E-state index contributed by atoms with van der Waals surface area (Å²) in [7, 11) is -0.982. The van der Waals surface area contributed by atoms with Gasteiger partial charge >= 0.3 is 11.3 Å². The van der Waals surface area contributed by atoms with Crippen molar-refractivity contribution in [2.45, 2.75) is 0 Å². The molecule has 5 heteroatoms. The van der Waals surface area contributed by atoms with Crippen molar-refractivity contribution in [1.82, 2.24) is 0 Å². The SMILES string of the molecule is [C-]#[O+].[Cr].c1ccc(P(CCP(c2ccccc2)c2ccccc2)CCP(c2ccccc2)c2ccccc2)cc1. The molecule has 200 valence electrons. The average Bonchev–Trinajstić information content (AvgIpc) is 3.04. The maximum absolute atomic E-state index is 7.50. The summed E-state index contributed by atoms with van der Waals surface area (Å²) in [5, 5.41) is 7.50. The molecular weight excluding hydrogens is 581 g/mol. The van der Waals surface area contributed by atoms with Crippen LogP contribution in [0.1, 0.15) is 0 Å². The minimum Gasteiger partial charge on any atom is -0.0746 e. The molecular formula is C35H33CrOP3. The van der Waals surface area contributed by atoms with Crippen LogP contribution in [0.5, 0.6) is 0 Å². The van der Waals surface area contributed by atoms with Crippen LogP contribution in [-0.2, 0) is 22.0 Å². The number of rotatable bonds is 11. The van der Waals surface area contributed by atoms with Crippen LogP contribution in [0.3, 0.4) is 0 Å². The van der Waals surface area contributed by atoms with Gasteiger partial charge in [0.2, 0.25) is 0 Å². The summed E-state index contributed by atoms with van der Waals surface area (Å²) in [5.41, 5.74) is 0. The molecule has 0 bridgehead atoms. The van der Waals surface area contributed by atoms with Crippen molar-refractivity contribution in [2.24, 2.45) is 0 Å². The van der Waals surface area contributed by atoms with E-state index < -0.39 is 0 Å². The molecule has 0 radical (unpaired) electrons. The van der Waals surface area contributed by atoms with Crippen LogP contribution >= 0.6 is 23.8 Å². The van der Waals surface area contributed by atoms with E-state index >= 15 is 0 Å². The number of benzene rings is 5. The minimum absolute atomic E-state index is 0.